The van der Waals surface area contributed by atoms with Crippen LogP contribution in [0.15, 0.2) is 223 Å². The van der Waals surface area contributed by atoms with Gasteiger partial charge in [0.15, 0.2) is 0 Å². The van der Waals surface area contributed by atoms with Gasteiger partial charge in [0.05, 0.1) is 0 Å². The molecule has 0 unspecified atom stereocenters. The number of rotatable bonds is 4. The van der Waals surface area contributed by atoms with Gasteiger partial charge in [0, 0.05) is 0 Å². The van der Waals surface area contributed by atoms with Gasteiger partial charge in [0.1, 0.15) is 0 Å². The Bertz CT molecular complexity index is 4130. The number of furan rings is 1. The summed E-state index contributed by atoms with van der Waals surface area (Å²) in [5.41, 5.74) is 12.1. The van der Waals surface area contributed by atoms with Crippen molar-refractivity contribution < 1.29 is 4.42 Å². The van der Waals surface area contributed by atoms with Crippen molar-refractivity contribution in [1.29, 1.82) is 0 Å². The minimum atomic E-state index is 0.0933. The molecule has 0 saturated heterocycles. The van der Waals surface area contributed by atoms with Crippen LogP contribution < -0.4 is 0 Å². The molecule has 2 aromatic heterocycles. The van der Waals surface area contributed by atoms with Crippen molar-refractivity contribution in [2.45, 2.75) is 0 Å². The first kappa shape index (κ1) is 35.8. The molecule has 2 heterocycles. The van der Waals surface area contributed by atoms with Gasteiger partial charge in [-0.15, -0.1) is 0 Å². The first-order chi connectivity index (χ1) is 31.8. The fourth-order valence-electron chi connectivity index (χ4n) is 11.0. The Hall–Kier alpha value is -7.74. The van der Waals surface area contributed by atoms with Crippen molar-refractivity contribution >= 4 is 110 Å². The van der Waals surface area contributed by atoms with E-state index in [1.165, 1.54) is 123 Å². The molecule has 1 nitrogen and oxygen atoms in total. The van der Waals surface area contributed by atoms with Crippen LogP contribution in [0.5, 0.6) is 0 Å². The zero-order valence-corrected chi connectivity index (χ0v) is 36.3. The standard InChI is InChI=1S/C62H36OSe/c1-2-17-38(18-3-1)56-41-20-6-12-26-47(41)59(48-27-13-7-21-42(48)56)50-29-14-30-51-61-49(28-15-31-55(61)64-62(50)51)58-45-24-10-8-22-43(45)57(44-23-9-11-25-46(44)58)39-33-34-53-52(36-39)60-40-19-5-4-16-37(40)32-35-54(60)63-53/h1-36H. The number of benzene rings is 12. The summed E-state index contributed by atoms with van der Waals surface area (Å²) >= 11 is 0.0933. The Morgan fingerprint density at radius 2 is 0.766 bits per heavy atom. The van der Waals surface area contributed by atoms with E-state index >= 15 is 0 Å². The second-order valence-corrected chi connectivity index (χ2v) is 19.2. The number of fused-ring (bicyclic) bond motifs is 12. The van der Waals surface area contributed by atoms with E-state index in [-0.39, 0.29) is 14.5 Å². The molecule has 0 fully saturated rings. The molecule has 12 aromatic carbocycles. The fraction of sp³-hybridized carbons (Fsp3) is 0. The van der Waals surface area contributed by atoms with Crippen LogP contribution in [-0.2, 0) is 0 Å². The van der Waals surface area contributed by atoms with Gasteiger partial charge in [0.2, 0.25) is 0 Å². The summed E-state index contributed by atoms with van der Waals surface area (Å²) in [7, 11) is 0. The van der Waals surface area contributed by atoms with Gasteiger partial charge in [-0.2, -0.15) is 0 Å². The third kappa shape index (κ3) is 5.13. The Morgan fingerprint density at radius 3 is 1.41 bits per heavy atom. The Labute approximate surface area is 374 Å². The quantitative estimate of drug-likeness (QED) is 0.127. The molecule has 0 aliphatic carbocycles. The zero-order chi connectivity index (χ0) is 41.9. The summed E-state index contributed by atoms with van der Waals surface area (Å²) in [5.74, 6) is 0. The van der Waals surface area contributed by atoms with E-state index in [9.17, 15) is 0 Å². The van der Waals surface area contributed by atoms with E-state index < -0.39 is 0 Å². The molecule has 0 saturated carbocycles. The van der Waals surface area contributed by atoms with E-state index in [4.69, 9.17) is 4.42 Å². The van der Waals surface area contributed by atoms with Crippen molar-refractivity contribution in [2.75, 3.05) is 0 Å². The van der Waals surface area contributed by atoms with Gasteiger partial charge >= 0.3 is 335 Å². The third-order valence-corrected chi connectivity index (χ3v) is 16.2. The van der Waals surface area contributed by atoms with E-state index in [0.717, 1.165) is 16.6 Å². The molecule has 0 radical (unpaired) electrons. The van der Waals surface area contributed by atoms with Crippen LogP contribution in [-0.4, -0.2) is 14.5 Å². The van der Waals surface area contributed by atoms with Gasteiger partial charge in [-0.05, 0) is 11.5 Å². The third-order valence-electron chi connectivity index (χ3n) is 13.6. The Morgan fingerprint density at radius 1 is 0.281 bits per heavy atom. The molecule has 0 aliphatic heterocycles. The molecule has 64 heavy (non-hydrogen) atoms. The maximum atomic E-state index is 6.48. The summed E-state index contributed by atoms with van der Waals surface area (Å²) in [6.07, 6.45) is 0. The van der Waals surface area contributed by atoms with Gasteiger partial charge in [0.25, 0.3) is 0 Å². The van der Waals surface area contributed by atoms with Crippen molar-refractivity contribution in [3.63, 3.8) is 0 Å². The maximum absolute atomic E-state index is 6.48. The van der Waals surface area contributed by atoms with Crippen LogP contribution in [0.25, 0.3) is 140 Å². The monoisotopic (exact) mass is 876 g/mol. The molecule has 0 amide bonds. The fourth-order valence-corrected chi connectivity index (χ4v) is 13.6. The van der Waals surface area contributed by atoms with Crippen LogP contribution in [0.1, 0.15) is 0 Å². The minimum absolute atomic E-state index is 0.0933. The second kappa shape index (κ2) is 13.9. The van der Waals surface area contributed by atoms with Crippen molar-refractivity contribution in [2.24, 2.45) is 0 Å². The Kier molecular flexibility index (Phi) is 7.77. The van der Waals surface area contributed by atoms with Crippen LogP contribution in [0.4, 0.5) is 0 Å². The predicted octanol–water partition coefficient (Wildman–Crippen LogP) is 17.4. The molecular formula is C62H36OSe. The van der Waals surface area contributed by atoms with Crippen molar-refractivity contribution in [3.05, 3.63) is 218 Å². The first-order valence-corrected chi connectivity index (χ1v) is 23.7. The summed E-state index contributed by atoms with van der Waals surface area (Å²) in [6.45, 7) is 0. The average Bonchev–Trinajstić information content (AvgIpc) is 3.94. The molecule has 14 aromatic rings. The summed E-state index contributed by atoms with van der Waals surface area (Å²) in [5, 5.41) is 17.7. The van der Waals surface area contributed by atoms with Gasteiger partial charge in [-0.25, -0.2) is 0 Å². The van der Waals surface area contributed by atoms with Crippen LogP contribution in [0, 0.1) is 0 Å². The van der Waals surface area contributed by atoms with E-state index in [2.05, 4.69) is 218 Å². The van der Waals surface area contributed by atoms with Crippen LogP contribution >= 0.6 is 0 Å². The van der Waals surface area contributed by atoms with Crippen molar-refractivity contribution in [1.82, 2.24) is 0 Å². The summed E-state index contributed by atoms with van der Waals surface area (Å²) in [6, 6.07) is 80.9. The molecule has 0 bridgehead atoms. The van der Waals surface area contributed by atoms with Gasteiger partial charge in [-0.1, -0.05) is 30.3 Å². The molecule has 0 spiro atoms. The Balaban J connectivity index is 1.04. The average molecular weight is 876 g/mol. The van der Waals surface area contributed by atoms with E-state index in [1.807, 2.05) is 0 Å². The summed E-state index contributed by atoms with van der Waals surface area (Å²) < 4.78 is 9.37. The summed E-state index contributed by atoms with van der Waals surface area (Å²) in [4.78, 5) is 0. The molecule has 14 rings (SSSR count). The predicted molar refractivity (Wildman–Crippen MR) is 275 cm³/mol. The molecule has 296 valence electrons. The zero-order valence-electron chi connectivity index (χ0n) is 34.6. The SMILES string of the molecule is c1ccc(-c2c3ccccc3c(-c3cccc4c3[se]c3cccc(-c5c6ccccc6c(-c6ccc7oc8ccc9ccccc9c8c7c6)c6ccccc56)c34)c3ccccc23)cc1. The first-order valence-electron chi connectivity index (χ1n) is 22.0. The number of hydrogen-bond donors (Lipinski definition) is 0. The molecule has 2 heteroatoms. The van der Waals surface area contributed by atoms with Crippen molar-refractivity contribution in [3.8, 4) is 44.5 Å². The molecule has 0 atom stereocenters. The molecule has 0 N–H and O–H groups in total. The second-order valence-electron chi connectivity index (χ2n) is 17.0. The van der Waals surface area contributed by atoms with Gasteiger partial charge in [-0.3, -0.25) is 0 Å². The normalized spacial score (nSPS) is 12.1. The van der Waals surface area contributed by atoms with E-state index in [0.29, 0.717) is 0 Å². The molecule has 0 aliphatic rings. The topological polar surface area (TPSA) is 13.1 Å². The van der Waals surface area contributed by atoms with Gasteiger partial charge < -0.3 is 0 Å². The van der Waals surface area contributed by atoms with E-state index in [1.54, 1.807) is 0 Å². The van der Waals surface area contributed by atoms with Crippen LogP contribution in [0.3, 0.4) is 0 Å². The molecular weight excluding hydrogens is 840 g/mol. The van der Waals surface area contributed by atoms with Crippen LogP contribution in [0.2, 0.25) is 0 Å². The number of hydrogen-bond acceptors (Lipinski definition) is 1.